The molecule has 2 saturated heterocycles. The molecule has 15 heavy (non-hydrogen) atoms. The molecule has 1 unspecified atom stereocenters. The van der Waals surface area contributed by atoms with Gasteiger partial charge in [-0.25, -0.2) is 0 Å². The summed E-state index contributed by atoms with van der Waals surface area (Å²) in [5, 5.41) is 6.28. The molecule has 2 fully saturated rings. The Bertz CT molecular complexity index is 228. The third-order valence-corrected chi connectivity index (χ3v) is 3.43. The van der Waals surface area contributed by atoms with Gasteiger partial charge in [0, 0.05) is 32.1 Å². The van der Waals surface area contributed by atoms with Crippen molar-refractivity contribution in [3.8, 4) is 0 Å². The minimum absolute atomic E-state index is 0.219. The maximum absolute atomic E-state index is 11.8. The molecule has 1 atom stereocenters. The summed E-state index contributed by atoms with van der Waals surface area (Å²) in [5.74, 6) is 1.14. The van der Waals surface area contributed by atoms with E-state index in [0.29, 0.717) is 5.92 Å². The summed E-state index contributed by atoms with van der Waals surface area (Å²) in [4.78, 5) is 14.1. The topological polar surface area (TPSA) is 44.4 Å². The van der Waals surface area contributed by atoms with Crippen LogP contribution in [0.3, 0.4) is 0 Å². The number of nitrogens with one attached hydrogen (secondary N) is 2. The second-order valence-electron chi connectivity index (χ2n) is 4.87. The zero-order valence-electron chi connectivity index (χ0n) is 9.46. The van der Waals surface area contributed by atoms with E-state index in [1.807, 2.05) is 0 Å². The first-order valence-corrected chi connectivity index (χ1v) is 5.92. The highest BCUT2D eigenvalue weighted by atomic mass is 16.1. The molecule has 0 aromatic carbocycles. The van der Waals surface area contributed by atoms with Gasteiger partial charge in [0.05, 0.1) is 5.92 Å². The SMILES string of the molecule is CN1CCCC(C(=O)NCC2CNC2)C1. The molecule has 2 aliphatic rings. The predicted molar refractivity (Wildman–Crippen MR) is 59.6 cm³/mol. The smallest absolute Gasteiger partial charge is 0.224 e. The quantitative estimate of drug-likeness (QED) is 0.671. The standard InChI is InChI=1S/C11H21N3O/c1-14-4-2-3-10(8-14)11(15)13-7-9-5-12-6-9/h9-10,12H,2-8H2,1H3,(H,13,15). The van der Waals surface area contributed by atoms with Crippen LogP contribution in [0.5, 0.6) is 0 Å². The molecule has 0 bridgehead atoms. The van der Waals surface area contributed by atoms with Crippen molar-refractivity contribution in [3.05, 3.63) is 0 Å². The number of hydrogen-bond acceptors (Lipinski definition) is 3. The average molecular weight is 211 g/mol. The highest BCUT2D eigenvalue weighted by Crippen LogP contribution is 2.15. The molecule has 0 saturated carbocycles. The second-order valence-corrected chi connectivity index (χ2v) is 4.87. The lowest BCUT2D eigenvalue weighted by atomic mass is 9.97. The number of amides is 1. The number of rotatable bonds is 3. The van der Waals surface area contributed by atoms with E-state index >= 15 is 0 Å². The normalized spacial score (nSPS) is 28.5. The summed E-state index contributed by atoms with van der Waals surface area (Å²) in [6, 6.07) is 0. The maximum atomic E-state index is 11.8. The number of piperidine rings is 1. The van der Waals surface area contributed by atoms with E-state index < -0.39 is 0 Å². The fourth-order valence-electron chi connectivity index (χ4n) is 2.26. The lowest BCUT2D eigenvalue weighted by molar-refractivity contribution is -0.126. The minimum atomic E-state index is 0.219. The van der Waals surface area contributed by atoms with E-state index in [-0.39, 0.29) is 11.8 Å². The van der Waals surface area contributed by atoms with Gasteiger partial charge < -0.3 is 15.5 Å². The molecule has 0 aromatic heterocycles. The molecule has 0 radical (unpaired) electrons. The summed E-state index contributed by atoms with van der Waals surface area (Å²) >= 11 is 0. The number of likely N-dealkylation sites (tertiary alicyclic amines) is 1. The van der Waals surface area contributed by atoms with Gasteiger partial charge in [0.15, 0.2) is 0 Å². The number of carbonyl (C=O) groups is 1. The zero-order valence-corrected chi connectivity index (χ0v) is 9.46. The van der Waals surface area contributed by atoms with Crippen molar-refractivity contribution >= 4 is 5.91 Å². The fraction of sp³-hybridized carbons (Fsp3) is 0.909. The molecule has 2 rings (SSSR count). The van der Waals surface area contributed by atoms with E-state index in [4.69, 9.17) is 0 Å². The predicted octanol–water partition coefficient (Wildman–Crippen LogP) is -0.336. The van der Waals surface area contributed by atoms with Gasteiger partial charge in [-0.05, 0) is 26.4 Å². The number of carbonyl (C=O) groups excluding carboxylic acids is 1. The third-order valence-electron chi connectivity index (χ3n) is 3.43. The van der Waals surface area contributed by atoms with E-state index in [9.17, 15) is 4.79 Å². The Balaban J connectivity index is 1.69. The van der Waals surface area contributed by atoms with Gasteiger partial charge >= 0.3 is 0 Å². The van der Waals surface area contributed by atoms with Crippen molar-refractivity contribution in [3.63, 3.8) is 0 Å². The van der Waals surface area contributed by atoms with Crippen LogP contribution in [-0.2, 0) is 4.79 Å². The van der Waals surface area contributed by atoms with Crippen molar-refractivity contribution in [1.82, 2.24) is 15.5 Å². The van der Waals surface area contributed by atoms with Crippen molar-refractivity contribution in [2.45, 2.75) is 12.8 Å². The molecule has 2 N–H and O–H groups in total. The summed E-state index contributed by atoms with van der Waals surface area (Å²) < 4.78 is 0. The Morgan fingerprint density at radius 1 is 1.53 bits per heavy atom. The van der Waals surface area contributed by atoms with Crippen molar-refractivity contribution in [2.75, 3.05) is 39.8 Å². The third kappa shape index (κ3) is 2.92. The van der Waals surface area contributed by atoms with Gasteiger partial charge in [0.2, 0.25) is 5.91 Å². The lowest BCUT2D eigenvalue weighted by Crippen LogP contribution is -2.50. The van der Waals surface area contributed by atoms with Crippen LogP contribution >= 0.6 is 0 Å². The largest absolute Gasteiger partial charge is 0.355 e. The Morgan fingerprint density at radius 2 is 2.33 bits per heavy atom. The lowest BCUT2D eigenvalue weighted by Gasteiger charge is -2.31. The van der Waals surface area contributed by atoms with Gasteiger partial charge in [0.25, 0.3) is 0 Å². The van der Waals surface area contributed by atoms with Crippen LogP contribution in [0.25, 0.3) is 0 Å². The molecule has 0 spiro atoms. The molecular weight excluding hydrogens is 190 g/mol. The molecule has 2 heterocycles. The Hall–Kier alpha value is -0.610. The van der Waals surface area contributed by atoms with Crippen LogP contribution < -0.4 is 10.6 Å². The first-order chi connectivity index (χ1) is 7.25. The molecule has 1 amide bonds. The van der Waals surface area contributed by atoms with E-state index in [1.165, 1.54) is 0 Å². The first kappa shape index (κ1) is 10.9. The van der Waals surface area contributed by atoms with Gasteiger partial charge in [-0.3, -0.25) is 4.79 Å². The van der Waals surface area contributed by atoms with Crippen molar-refractivity contribution in [2.24, 2.45) is 11.8 Å². The van der Waals surface area contributed by atoms with Gasteiger partial charge in [0.1, 0.15) is 0 Å². The van der Waals surface area contributed by atoms with Crippen LogP contribution in [0.15, 0.2) is 0 Å². The molecule has 86 valence electrons. The molecular formula is C11H21N3O. The molecule has 0 aliphatic carbocycles. The minimum Gasteiger partial charge on any atom is -0.355 e. The van der Waals surface area contributed by atoms with Crippen LogP contribution in [0.4, 0.5) is 0 Å². The average Bonchev–Trinajstić information content (AvgIpc) is 2.15. The highest BCUT2D eigenvalue weighted by Gasteiger charge is 2.25. The first-order valence-electron chi connectivity index (χ1n) is 5.92. The molecule has 0 aromatic rings. The Labute approximate surface area is 91.4 Å². The van der Waals surface area contributed by atoms with Crippen LogP contribution in [0, 0.1) is 11.8 Å². The number of hydrogen-bond donors (Lipinski definition) is 2. The molecule has 4 heteroatoms. The Morgan fingerprint density at radius 3 is 2.93 bits per heavy atom. The van der Waals surface area contributed by atoms with Crippen LogP contribution in [0.1, 0.15) is 12.8 Å². The molecule has 2 aliphatic heterocycles. The van der Waals surface area contributed by atoms with Gasteiger partial charge in [-0.1, -0.05) is 0 Å². The van der Waals surface area contributed by atoms with Crippen LogP contribution in [0.2, 0.25) is 0 Å². The Kier molecular flexibility index (Phi) is 3.59. The van der Waals surface area contributed by atoms with Gasteiger partial charge in [-0.15, -0.1) is 0 Å². The highest BCUT2D eigenvalue weighted by molar-refractivity contribution is 5.78. The summed E-state index contributed by atoms with van der Waals surface area (Å²) in [7, 11) is 2.09. The fourth-order valence-corrected chi connectivity index (χ4v) is 2.26. The zero-order chi connectivity index (χ0) is 10.7. The molecule has 4 nitrogen and oxygen atoms in total. The maximum Gasteiger partial charge on any atom is 0.224 e. The van der Waals surface area contributed by atoms with Gasteiger partial charge in [-0.2, -0.15) is 0 Å². The van der Waals surface area contributed by atoms with E-state index in [2.05, 4.69) is 22.6 Å². The van der Waals surface area contributed by atoms with Crippen LogP contribution in [-0.4, -0.2) is 50.6 Å². The van der Waals surface area contributed by atoms with E-state index in [0.717, 1.165) is 45.6 Å². The summed E-state index contributed by atoms with van der Waals surface area (Å²) in [6.45, 7) is 5.03. The van der Waals surface area contributed by atoms with Crippen molar-refractivity contribution < 1.29 is 4.79 Å². The summed E-state index contributed by atoms with van der Waals surface area (Å²) in [5.41, 5.74) is 0. The van der Waals surface area contributed by atoms with E-state index in [1.54, 1.807) is 0 Å². The second kappa shape index (κ2) is 4.94. The van der Waals surface area contributed by atoms with Crippen molar-refractivity contribution in [1.29, 1.82) is 0 Å². The monoisotopic (exact) mass is 211 g/mol. The summed E-state index contributed by atoms with van der Waals surface area (Å²) in [6.07, 6.45) is 2.21. The number of nitrogens with zero attached hydrogens (tertiary/aromatic N) is 1.